The molecule has 7 heteroatoms. The molecule has 1 heterocycles. The van der Waals surface area contributed by atoms with Crippen molar-refractivity contribution in [3.05, 3.63) is 29.8 Å². The van der Waals surface area contributed by atoms with Crippen LogP contribution >= 0.6 is 0 Å². The Labute approximate surface area is 154 Å². The number of amides is 1. The molecule has 0 bridgehead atoms. The van der Waals surface area contributed by atoms with Gasteiger partial charge in [-0.25, -0.2) is 9.59 Å². The van der Waals surface area contributed by atoms with Gasteiger partial charge in [0.1, 0.15) is 6.61 Å². The van der Waals surface area contributed by atoms with Gasteiger partial charge in [-0.05, 0) is 30.7 Å². The second kappa shape index (κ2) is 10.8. The molecule has 1 aromatic rings. The van der Waals surface area contributed by atoms with Crippen molar-refractivity contribution in [1.82, 2.24) is 4.90 Å². The largest absolute Gasteiger partial charge is 0.478 e. The van der Waals surface area contributed by atoms with Gasteiger partial charge in [-0.3, -0.25) is 9.80 Å². The first-order valence-electron chi connectivity index (χ1n) is 9.19. The van der Waals surface area contributed by atoms with Crippen molar-refractivity contribution in [2.75, 3.05) is 50.9 Å². The van der Waals surface area contributed by atoms with Gasteiger partial charge < -0.3 is 14.6 Å². The summed E-state index contributed by atoms with van der Waals surface area (Å²) in [5, 5.41) is 9.02. The monoisotopic (exact) mass is 364 g/mol. The highest BCUT2D eigenvalue weighted by Crippen LogP contribution is 2.18. The number of anilines is 1. The molecule has 1 N–H and O–H groups in total. The molecule has 0 spiro atoms. The third-order valence-corrected chi connectivity index (χ3v) is 4.37. The highest BCUT2D eigenvalue weighted by atomic mass is 16.6. The van der Waals surface area contributed by atoms with Crippen molar-refractivity contribution >= 4 is 17.7 Å². The van der Waals surface area contributed by atoms with Gasteiger partial charge >= 0.3 is 12.1 Å². The van der Waals surface area contributed by atoms with Crippen LogP contribution in [0, 0.1) is 0 Å². The number of ether oxygens (including phenoxy) is 2. The van der Waals surface area contributed by atoms with Gasteiger partial charge in [0.05, 0.1) is 18.8 Å². The molecule has 7 nitrogen and oxygen atoms in total. The van der Waals surface area contributed by atoms with E-state index < -0.39 is 12.1 Å². The van der Waals surface area contributed by atoms with Crippen LogP contribution in [0.3, 0.4) is 0 Å². The average molecular weight is 364 g/mol. The maximum absolute atomic E-state index is 12.5. The van der Waals surface area contributed by atoms with E-state index in [9.17, 15) is 9.59 Å². The van der Waals surface area contributed by atoms with Crippen molar-refractivity contribution in [3.8, 4) is 0 Å². The smallest absolute Gasteiger partial charge is 0.414 e. The molecule has 26 heavy (non-hydrogen) atoms. The lowest BCUT2D eigenvalue weighted by molar-refractivity contribution is 0.0286. The number of nitrogens with zero attached hydrogens (tertiary/aromatic N) is 2. The van der Waals surface area contributed by atoms with Crippen molar-refractivity contribution in [2.24, 2.45) is 0 Å². The number of carboxylic acid groups (broad SMARTS) is 1. The number of benzene rings is 1. The zero-order valence-electron chi connectivity index (χ0n) is 15.4. The van der Waals surface area contributed by atoms with Crippen molar-refractivity contribution in [3.63, 3.8) is 0 Å². The van der Waals surface area contributed by atoms with Gasteiger partial charge in [-0.1, -0.05) is 19.8 Å². The normalized spacial score (nSPS) is 14.8. The summed E-state index contributed by atoms with van der Waals surface area (Å²) in [7, 11) is 0. The zero-order valence-corrected chi connectivity index (χ0v) is 15.4. The molecule has 0 aliphatic carbocycles. The van der Waals surface area contributed by atoms with Crippen molar-refractivity contribution in [2.45, 2.75) is 26.2 Å². The van der Waals surface area contributed by atoms with Crippen molar-refractivity contribution < 1.29 is 24.2 Å². The fourth-order valence-electron chi connectivity index (χ4n) is 2.79. The van der Waals surface area contributed by atoms with Crippen LogP contribution in [-0.2, 0) is 9.47 Å². The fourth-order valence-corrected chi connectivity index (χ4v) is 2.79. The van der Waals surface area contributed by atoms with Crippen molar-refractivity contribution in [1.29, 1.82) is 0 Å². The zero-order chi connectivity index (χ0) is 18.8. The Hall–Kier alpha value is -2.12. The summed E-state index contributed by atoms with van der Waals surface area (Å²) in [5.74, 6) is -0.984. The maximum Gasteiger partial charge on any atom is 0.414 e. The van der Waals surface area contributed by atoms with E-state index in [0.717, 1.165) is 32.4 Å². The van der Waals surface area contributed by atoms with E-state index in [-0.39, 0.29) is 5.56 Å². The molecule has 2 rings (SSSR count). The van der Waals surface area contributed by atoms with Crippen LogP contribution in [0.15, 0.2) is 24.3 Å². The molecule has 1 fully saturated rings. The summed E-state index contributed by atoms with van der Waals surface area (Å²) in [5.41, 5.74) is 0.852. The summed E-state index contributed by atoms with van der Waals surface area (Å²) in [4.78, 5) is 27.3. The lowest BCUT2D eigenvalue weighted by atomic mass is 10.2. The number of hydrogen-bond acceptors (Lipinski definition) is 5. The summed E-state index contributed by atoms with van der Waals surface area (Å²) in [6.45, 7) is 6.82. The molecule has 0 atom stereocenters. The first-order chi connectivity index (χ1) is 12.6. The van der Waals surface area contributed by atoms with E-state index in [0.29, 0.717) is 38.6 Å². The number of unbranched alkanes of at least 4 members (excludes halogenated alkanes) is 2. The van der Waals surface area contributed by atoms with Crippen LogP contribution in [0.5, 0.6) is 0 Å². The molecule has 0 aromatic heterocycles. The minimum atomic E-state index is -0.984. The van der Waals surface area contributed by atoms with Gasteiger partial charge in [-0.15, -0.1) is 0 Å². The quantitative estimate of drug-likeness (QED) is 0.679. The molecular weight excluding hydrogens is 336 g/mol. The van der Waals surface area contributed by atoms with E-state index in [1.165, 1.54) is 12.1 Å². The number of rotatable bonds is 9. The minimum absolute atomic E-state index is 0.197. The molecule has 0 radical (unpaired) electrons. The second-order valence-electron chi connectivity index (χ2n) is 6.28. The average Bonchev–Trinajstić information content (AvgIpc) is 2.66. The van der Waals surface area contributed by atoms with Gasteiger partial charge in [0.25, 0.3) is 0 Å². The van der Waals surface area contributed by atoms with Crippen LogP contribution in [0.25, 0.3) is 0 Å². The van der Waals surface area contributed by atoms with E-state index in [1.54, 1.807) is 17.0 Å². The standard InChI is InChI=1S/C19H28N2O5/c1-2-3-4-9-21(17-7-5-16(6-8-17)18(22)23)19(24)26-15-12-20-10-13-25-14-11-20/h5-8H,2-4,9-15H2,1H3,(H,22,23). The molecule has 1 aromatic carbocycles. The Morgan fingerprint density at radius 3 is 2.50 bits per heavy atom. The maximum atomic E-state index is 12.5. The summed E-state index contributed by atoms with van der Waals surface area (Å²) >= 11 is 0. The Kier molecular flexibility index (Phi) is 8.37. The summed E-state index contributed by atoms with van der Waals surface area (Å²) in [6.07, 6.45) is 2.55. The molecule has 0 unspecified atom stereocenters. The summed E-state index contributed by atoms with van der Waals surface area (Å²) in [6, 6.07) is 6.31. The van der Waals surface area contributed by atoms with Gasteiger partial charge in [0, 0.05) is 31.9 Å². The van der Waals surface area contributed by atoms with Crippen LogP contribution in [0.4, 0.5) is 10.5 Å². The lowest BCUT2D eigenvalue weighted by Crippen LogP contribution is -2.40. The number of hydrogen-bond donors (Lipinski definition) is 1. The Morgan fingerprint density at radius 2 is 1.88 bits per heavy atom. The molecule has 1 aliphatic rings. The lowest BCUT2D eigenvalue weighted by Gasteiger charge is -2.27. The van der Waals surface area contributed by atoms with Crippen LogP contribution in [-0.4, -0.2) is 68.1 Å². The Bertz CT molecular complexity index is 570. The predicted molar refractivity (Wildman–Crippen MR) is 98.9 cm³/mol. The van der Waals surface area contributed by atoms with Gasteiger partial charge in [0.15, 0.2) is 0 Å². The highest BCUT2D eigenvalue weighted by molar-refractivity contribution is 5.90. The number of carbonyl (C=O) groups is 2. The number of carboxylic acids is 1. The molecule has 0 saturated carbocycles. The summed E-state index contributed by atoms with van der Waals surface area (Å²) < 4.78 is 10.8. The van der Waals surface area contributed by atoms with E-state index in [1.807, 2.05) is 0 Å². The van der Waals surface area contributed by atoms with Gasteiger partial charge in [0.2, 0.25) is 0 Å². The van der Waals surface area contributed by atoms with E-state index in [2.05, 4.69) is 11.8 Å². The van der Waals surface area contributed by atoms with Crippen LogP contribution in [0.1, 0.15) is 36.5 Å². The third-order valence-electron chi connectivity index (χ3n) is 4.37. The van der Waals surface area contributed by atoms with Crippen LogP contribution < -0.4 is 4.90 Å². The first-order valence-corrected chi connectivity index (χ1v) is 9.19. The molecule has 144 valence electrons. The number of carbonyl (C=O) groups excluding carboxylic acids is 1. The Balaban J connectivity index is 1.93. The number of aromatic carboxylic acids is 1. The molecular formula is C19H28N2O5. The van der Waals surface area contributed by atoms with E-state index >= 15 is 0 Å². The SMILES string of the molecule is CCCCCN(C(=O)OCCN1CCOCC1)c1ccc(C(=O)O)cc1. The predicted octanol–water partition coefficient (Wildman–Crippen LogP) is 2.85. The van der Waals surface area contributed by atoms with Crippen LogP contribution in [0.2, 0.25) is 0 Å². The second-order valence-corrected chi connectivity index (χ2v) is 6.28. The third kappa shape index (κ3) is 6.31. The molecule has 1 saturated heterocycles. The number of morpholine rings is 1. The van der Waals surface area contributed by atoms with E-state index in [4.69, 9.17) is 14.6 Å². The molecule has 1 amide bonds. The molecule has 1 aliphatic heterocycles. The topological polar surface area (TPSA) is 79.3 Å². The fraction of sp³-hybridized carbons (Fsp3) is 0.579. The highest BCUT2D eigenvalue weighted by Gasteiger charge is 2.18. The Morgan fingerprint density at radius 1 is 1.19 bits per heavy atom. The minimum Gasteiger partial charge on any atom is -0.478 e. The van der Waals surface area contributed by atoms with Gasteiger partial charge in [-0.2, -0.15) is 0 Å². The first kappa shape index (κ1) is 20.2.